The summed E-state index contributed by atoms with van der Waals surface area (Å²) in [5, 5.41) is 1.02. The number of carbonyl (C=O) groups excluding carboxylic acids is 1. The normalized spacial score (nSPS) is 20.7. The number of carbonyl (C=O) groups is 1. The van der Waals surface area contributed by atoms with Gasteiger partial charge in [-0.1, -0.05) is 54.6 Å². The van der Waals surface area contributed by atoms with Crippen molar-refractivity contribution in [3.8, 4) is 0 Å². The summed E-state index contributed by atoms with van der Waals surface area (Å²) in [5.41, 5.74) is 4.26. The van der Waals surface area contributed by atoms with E-state index in [0.717, 1.165) is 61.5 Å². The van der Waals surface area contributed by atoms with E-state index in [1.54, 1.807) is 6.20 Å². The fourth-order valence-corrected chi connectivity index (χ4v) is 5.14. The number of nitrogens with zero attached hydrogens (tertiary/aromatic N) is 2. The largest absolute Gasteiger partial charge is 0.331 e. The summed E-state index contributed by atoms with van der Waals surface area (Å²) in [4.78, 5) is 20.7. The highest BCUT2D eigenvalue weighted by Crippen LogP contribution is 2.37. The van der Waals surface area contributed by atoms with Gasteiger partial charge >= 0.3 is 0 Å². The van der Waals surface area contributed by atoms with Gasteiger partial charge in [-0.3, -0.25) is 9.78 Å². The molecule has 0 unspecified atom stereocenters. The number of pyridine rings is 1. The highest BCUT2D eigenvalue weighted by Gasteiger charge is 2.32. The predicted octanol–water partition coefficient (Wildman–Crippen LogP) is 6.11. The zero-order valence-corrected chi connectivity index (χ0v) is 17.3. The molecule has 3 nitrogen and oxygen atoms in total. The Balaban J connectivity index is 1.56. The van der Waals surface area contributed by atoms with Crippen molar-refractivity contribution in [3.05, 3.63) is 89.6 Å². The van der Waals surface area contributed by atoms with Crippen molar-refractivity contribution < 1.29 is 4.79 Å². The summed E-state index contributed by atoms with van der Waals surface area (Å²) in [6.45, 7) is 0.811. The van der Waals surface area contributed by atoms with Crippen molar-refractivity contribution in [2.24, 2.45) is 5.92 Å². The number of fused-ring (bicyclic) bond motifs is 2. The second kappa shape index (κ2) is 8.43. The number of aromatic nitrogens is 1. The number of hydrogen-bond acceptors (Lipinski definition) is 2. The van der Waals surface area contributed by atoms with E-state index in [0.29, 0.717) is 5.92 Å². The van der Waals surface area contributed by atoms with E-state index in [9.17, 15) is 4.79 Å². The molecule has 30 heavy (non-hydrogen) atoms. The quantitative estimate of drug-likeness (QED) is 0.498. The molecule has 3 heteroatoms. The van der Waals surface area contributed by atoms with Gasteiger partial charge in [0.2, 0.25) is 0 Å². The number of hydrogen-bond donors (Lipinski definition) is 0. The number of benzene rings is 2. The Morgan fingerprint density at radius 1 is 1.00 bits per heavy atom. The minimum atomic E-state index is 0.121. The van der Waals surface area contributed by atoms with E-state index in [4.69, 9.17) is 0 Å². The minimum absolute atomic E-state index is 0.121. The summed E-state index contributed by atoms with van der Waals surface area (Å²) in [6.07, 6.45) is 12.9. The molecule has 152 valence electrons. The van der Waals surface area contributed by atoms with Crippen molar-refractivity contribution in [2.75, 3.05) is 6.54 Å². The van der Waals surface area contributed by atoms with Crippen LogP contribution in [0.2, 0.25) is 0 Å². The molecular formula is C27H28N2O. The maximum Gasteiger partial charge on any atom is 0.256 e. The van der Waals surface area contributed by atoms with Crippen LogP contribution in [0, 0.1) is 5.92 Å². The van der Waals surface area contributed by atoms with Gasteiger partial charge in [0.15, 0.2) is 0 Å². The van der Waals surface area contributed by atoms with Gasteiger partial charge in [0.05, 0.1) is 17.1 Å². The van der Waals surface area contributed by atoms with E-state index in [-0.39, 0.29) is 11.9 Å². The van der Waals surface area contributed by atoms with Crippen molar-refractivity contribution in [1.29, 1.82) is 0 Å². The fraction of sp³-hybridized carbons (Fsp3) is 0.333. The molecule has 1 amide bonds. The van der Waals surface area contributed by atoms with Crippen LogP contribution < -0.4 is 0 Å². The molecule has 1 aromatic heterocycles. The first-order valence-corrected chi connectivity index (χ1v) is 11.2. The van der Waals surface area contributed by atoms with Crippen LogP contribution in [0.15, 0.2) is 72.9 Å². The van der Waals surface area contributed by atoms with Gasteiger partial charge in [0.25, 0.3) is 5.91 Å². The Labute approximate surface area is 178 Å². The van der Waals surface area contributed by atoms with Crippen LogP contribution in [0.5, 0.6) is 0 Å². The molecule has 0 spiro atoms. The van der Waals surface area contributed by atoms with Crippen LogP contribution in [0.3, 0.4) is 0 Å². The van der Waals surface area contributed by atoms with Crippen LogP contribution in [0.1, 0.15) is 59.6 Å². The predicted molar refractivity (Wildman–Crippen MR) is 121 cm³/mol. The van der Waals surface area contributed by atoms with Crippen molar-refractivity contribution in [1.82, 2.24) is 9.88 Å². The average molecular weight is 397 g/mol. The SMILES string of the molecule is O=C(c1cccc2cccnc12)N(C[C@@H]1CC=CCC1)[C@@H]1CCCc2ccccc21. The van der Waals surface area contributed by atoms with Gasteiger partial charge in [-0.15, -0.1) is 0 Å². The molecule has 0 saturated carbocycles. The molecule has 2 aliphatic rings. The smallest absolute Gasteiger partial charge is 0.256 e. The van der Waals surface area contributed by atoms with E-state index in [1.807, 2.05) is 30.3 Å². The van der Waals surface area contributed by atoms with E-state index >= 15 is 0 Å². The Morgan fingerprint density at radius 3 is 2.80 bits per heavy atom. The molecule has 2 atom stereocenters. The van der Waals surface area contributed by atoms with Gasteiger partial charge in [-0.05, 0) is 67.7 Å². The number of amides is 1. The van der Waals surface area contributed by atoms with Crippen LogP contribution in [0.25, 0.3) is 10.9 Å². The Kier molecular flexibility index (Phi) is 5.35. The number of aryl methyl sites for hydroxylation is 1. The second-order valence-electron chi connectivity index (χ2n) is 8.60. The summed E-state index contributed by atoms with van der Waals surface area (Å²) >= 11 is 0. The van der Waals surface area contributed by atoms with Crippen molar-refractivity contribution in [2.45, 2.75) is 44.6 Å². The number of para-hydroxylation sites is 1. The summed E-state index contributed by atoms with van der Waals surface area (Å²) in [6, 6.07) is 18.8. The lowest BCUT2D eigenvalue weighted by atomic mass is 9.85. The first-order valence-electron chi connectivity index (χ1n) is 11.2. The lowest BCUT2D eigenvalue weighted by Gasteiger charge is -2.38. The lowest BCUT2D eigenvalue weighted by molar-refractivity contribution is 0.0613. The Bertz CT molecular complexity index is 1080. The highest BCUT2D eigenvalue weighted by atomic mass is 16.2. The maximum absolute atomic E-state index is 14.0. The first kappa shape index (κ1) is 19.0. The van der Waals surface area contributed by atoms with E-state index in [2.05, 4.69) is 46.3 Å². The number of rotatable bonds is 4. The van der Waals surface area contributed by atoms with Crippen molar-refractivity contribution >= 4 is 16.8 Å². The Hall–Kier alpha value is -2.94. The highest BCUT2D eigenvalue weighted by molar-refractivity contribution is 6.05. The van der Waals surface area contributed by atoms with Crippen LogP contribution in [0.4, 0.5) is 0 Å². The summed E-state index contributed by atoms with van der Waals surface area (Å²) < 4.78 is 0. The zero-order valence-electron chi connectivity index (χ0n) is 17.3. The number of allylic oxidation sites excluding steroid dienone is 2. The molecule has 2 aromatic carbocycles. The van der Waals surface area contributed by atoms with E-state index < -0.39 is 0 Å². The van der Waals surface area contributed by atoms with Crippen LogP contribution in [-0.4, -0.2) is 22.3 Å². The zero-order chi connectivity index (χ0) is 20.3. The van der Waals surface area contributed by atoms with Gasteiger partial charge < -0.3 is 4.90 Å². The minimum Gasteiger partial charge on any atom is -0.331 e. The molecule has 0 bridgehead atoms. The average Bonchev–Trinajstić information content (AvgIpc) is 2.82. The summed E-state index contributed by atoms with van der Waals surface area (Å²) in [5.74, 6) is 0.645. The molecule has 2 aliphatic carbocycles. The van der Waals surface area contributed by atoms with Gasteiger partial charge in [-0.25, -0.2) is 0 Å². The lowest BCUT2D eigenvalue weighted by Crippen LogP contribution is -2.40. The molecule has 1 heterocycles. The van der Waals surface area contributed by atoms with Gasteiger partial charge in [0.1, 0.15) is 0 Å². The third-order valence-electron chi connectivity index (χ3n) is 6.67. The monoisotopic (exact) mass is 396 g/mol. The third-order valence-corrected chi connectivity index (χ3v) is 6.67. The molecule has 0 saturated heterocycles. The Morgan fingerprint density at radius 2 is 1.90 bits per heavy atom. The first-order chi connectivity index (χ1) is 14.8. The molecule has 0 aliphatic heterocycles. The second-order valence-corrected chi connectivity index (χ2v) is 8.60. The maximum atomic E-state index is 14.0. The van der Waals surface area contributed by atoms with Crippen LogP contribution >= 0.6 is 0 Å². The molecule has 5 rings (SSSR count). The molecule has 0 N–H and O–H groups in total. The topological polar surface area (TPSA) is 33.2 Å². The molecule has 3 aromatic rings. The molecule has 0 fully saturated rings. The summed E-state index contributed by atoms with van der Waals surface area (Å²) in [7, 11) is 0. The standard InChI is InChI=1S/C27H28N2O/c30-27(24-16-6-13-22-14-8-18-28-26(22)24)29(19-20-9-2-1-3-10-20)25-17-7-12-21-11-4-5-15-23(21)25/h1-2,4-6,8,11,13-16,18,20,25H,3,7,9-10,12,17,19H2/t20-,25-/m1/s1. The molecular weight excluding hydrogens is 368 g/mol. The molecule has 0 radical (unpaired) electrons. The van der Waals surface area contributed by atoms with Gasteiger partial charge in [0, 0.05) is 18.1 Å². The van der Waals surface area contributed by atoms with Gasteiger partial charge in [-0.2, -0.15) is 0 Å². The van der Waals surface area contributed by atoms with Crippen LogP contribution in [-0.2, 0) is 6.42 Å². The van der Waals surface area contributed by atoms with Crippen molar-refractivity contribution in [3.63, 3.8) is 0 Å². The van der Waals surface area contributed by atoms with E-state index in [1.165, 1.54) is 11.1 Å². The third kappa shape index (κ3) is 3.65. The fourth-order valence-electron chi connectivity index (χ4n) is 5.14.